The molecule has 1 atom stereocenters. The van der Waals surface area contributed by atoms with Crippen LogP contribution in [0, 0.1) is 11.3 Å². The fourth-order valence-electron chi connectivity index (χ4n) is 2.51. The summed E-state index contributed by atoms with van der Waals surface area (Å²) in [5.74, 6) is -1.88. The summed E-state index contributed by atoms with van der Waals surface area (Å²) < 4.78 is 0. The molecule has 2 rings (SSSR count). The maximum Gasteiger partial charge on any atom is 0.331 e. The topological polar surface area (TPSA) is 91.7 Å². The van der Waals surface area contributed by atoms with Crippen molar-refractivity contribution >= 4 is 28.8 Å². The minimum Gasteiger partial charge on any atom is -0.481 e. The van der Waals surface area contributed by atoms with E-state index in [1.165, 1.54) is 44.4 Å². The van der Waals surface area contributed by atoms with Gasteiger partial charge in [0.15, 0.2) is 0 Å². The molecule has 0 aliphatic heterocycles. The summed E-state index contributed by atoms with van der Waals surface area (Å²) in [7, 11) is 0. The smallest absolute Gasteiger partial charge is 0.331 e. The van der Waals surface area contributed by atoms with Crippen molar-refractivity contribution in [1.82, 2.24) is 0 Å². The van der Waals surface area contributed by atoms with Crippen LogP contribution in [0.5, 0.6) is 0 Å². The molecule has 1 saturated carbocycles. The number of carbonyl (C=O) groups excluding carboxylic acids is 1. The van der Waals surface area contributed by atoms with E-state index in [4.69, 9.17) is 21.8 Å². The summed E-state index contributed by atoms with van der Waals surface area (Å²) in [5.41, 5.74) is -0.949. The molecule has 0 aromatic carbocycles. The van der Waals surface area contributed by atoms with E-state index in [0.29, 0.717) is 0 Å². The van der Waals surface area contributed by atoms with Gasteiger partial charge in [-0.15, -0.1) is 0 Å². The van der Waals surface area contributed by atoms with Crippen molar-refractivity contribution in [3.63, 3.8) is 0 Å². The molecular weight excluding hydrogens is 308 g/mol. The Bertz CT molecular complexity index is 503. The quantitative estimate of drug-likeness (QED) is 0.775. The summed E-state index contributed by atoms with van der Waals surface area (Å²) in [6.45, 7) is 1.50. The van der Waals surface area contributed by atoms with E-state index < -0.39 is 17.4 Å². The van der Waals surface area contributed by atoms with Gasteiger partial charge in [0, 0.05) is 11.5 Å². The maximum absolute atomic E-state index is 10.8. The largest absolute Gasteiger partial charge is 0.481 e. The minimum absolute atomic E-state index is 0.0359. The minimum atomic E-state index is -1.08. The van der Waals surface area contributed by atoms with Crippen molar-refractivity contribution in [3.8, 4) is 0 Å². The molecule has 22 heavy (non-hydrogen) atoms. The zero-order valence-corrected chi connectivity index (χ0v) is 13.3. The molecule has 6 heteroatoms. The Morgan fingerprint density at radius 1 is 1.18 bits per heavy atom. The number of carboxylic acid groups (broad SMARTS) is 2. The van der Waals surface area contributed by atoms with Crippen LogP contribution < -0.4 is 0 Å². The highest BCUT2D eigenvalue weighted by atomic mass is 35.5. The monoisotopic (exact) mass is 328 g/mol. The number of halogens is 1. The van der Waals surface area contributed by atoms with Crippen LogP contribution in [-0.4, -0.2) is 27.4 Å². The van der Waals surface area contributed by atoms with Gasteiger partial charge in [0.2, 0.25) is 5.24 Å². The lowest BCUT2D eigenvalue weighted by atomic mass is 9.80. The summed E-state index contributed by atoms with van der Waals surface area (Å²) in [6, 6.07) is 0. The Morgan fingerprint density at radius 3 is 2.18 bits per heavy atom. The fourth-order valence-corrected chi connectivity index (χ4v) is 2.73. The lowest BCUT2D eigenvalue weighted by molar-refractivity contribution is -0.145. The SMILES string of the molecule is CC1(C(=O)O)C=CC=C(C(=O)O)C1.O=C(Cl)C1CCCCC1. The number of hydrogen-bond acceptors (Lipinski definition) is 3. The van der Waals surface area contributed by atoms with Gasteiger partial charge in [-0.3, -0.25) is 9.59 Å². The number of hydrogen-bond donors (Lipinski definition) is 2. The van der Waals surface area contributed by atoms with Crippen LogP contribution in [0.15, 0.2) is 23.8 Å². The zero-order valence-electron chi connectivity index (χ0n) is 12.5. The molecule has 0 aromatic rings. The molecule has 2 aliphatic carbocycles. The van der Waals surface area contributed by atoms with Gasteiger partial charge >= 0.3 is 11.9 Å². The van der Waals surface area contributed by atoms with Crippen LogP contribution in [0.1, 0.15) is 45.4 Å². The highest BCUT2D eigenvalue weighted by molar-refractivity contribution is 6.63. The van der Waals surface area contributed by atoms with Gasteiger partial charge in [-0.25, -0.2) is 4.79 Å². The van der Waals surface area contributed by atoms with Crippen molar-refractivity contribution in [2.24, 2.45) is 11.3 Å². The van der Waals surface area contributed by atoms with Gasteiger partial charge in [0.25, 0.3) is 0 Å². The van der Waals surface area contributed by atoms with Gasteiger partial charge < -0.3 is 10.2 Å². The molecular formula is C16H21ClO5. The van der Waals surface area contributed by atoms with Gasteiger partial charge in [-0.2, -0.15) is 0 Å². The third-order valence-corrected chi connectivity index (χ3v) is 4.32. The Labute approximate surface area is 134 Å². The number of allylic oxidation sites excluding steroid dienone is 2. The number of carboxylic acids is 2. The van der Waals surface area contributed by atoms with Gasteiger partial charge in [0.05, 0.1) is 5.41 Å². The highest BCUT2D eigenvalue weighted by Crippen LogP contribution is 2.31. The first-order valence-corrected chi connectivity index (χ1v) is 7.68. The molecule has 1 fully saturated rings. The Balaban J connectivity index is 0.000000235. The fraction of sp³-hybridized carbons (Fsp3) is 0.562. The van der Waals surface area contributed by atoms with Crippen LogP contribution in [-0.2, 0) is 14.4 Å². The van der Waals surface area contributed by atoms with Crippen LogP contribution >= 0.6 is 11.6 Å². The van der Waals surface area contributed by atoms with E-state index in [0.717, 1.165) is 12.8 Å². The van der Waals surface area contributed by atoms with Gasteiger partial charge in [0.1, 0.15) is 0 Å². The molecule has 0 bridgehead atoms. The second-order valence-corrected chi connectivity index (χ2v) is 6.27. The number of rotatable bonds is 3. The Morgan fingerprint density at radius 2 is 1.77 bits per heavy atom. The molecule has 5 nitrogen and oxygen atoms in total. The lowest BCUT2D eigenvalue weighted by Crippen LogP contribution is -2.28. The Hall–Kier alpha value is -1.62. The predicted octanol–water partition coefficient (Wildman–Crippen LogP) is 3.38. The first-order chi connectivity index (χ1) is 10.3. The van der Waals surface area contributed by atoms with E-state index in [2.05, 4.69) is 0 Å². The maximum atomic E-state index is 10.8. The third-order valence-electron chi connectivity index (χ3n) is 4.01. The first kappa shape index (κ1) is 18.4. The van der Waals surface area contributed by atoms with Crippen molar-refractivity contribution in [1.29, 1.82) is 0 Å². The molecule has 0 amide bonds. The lowest BCUT2D eigenvalue weighted by Gasteiger charge is -2.23. The van der Waals surface area contributed by atoms with E-state index >= 15 is 0 Å². The molecule has 0 spiro atoms. The Kier molecular flexibility index (Phi) is 6.81. The summed E-state index contributed by atoms with van der Waals surface area (Å²) >= 11 is 5.32. The average molecular weight is 329 g/mol. The van der Waals surface area contributed by atoms with Crippen molar-refractivity contribution < 1.29 is 24.6 Å². The molecule has 0 aromatic heterocycles. The number of carbonyl (C=O) groups is 3. The molecule has 1 unspecified atom stereocenters. The average Bonchev–Trinajstić information content (AvgIpc) is 2.48. The molecule has 0 heterocycles. The second-order valence-electron chi connectivity index (χ2n) is 5.89. The van der Waals surface area contributed by atoms with E-state index in [9.17, 15) is 14.4 Å². The van der Waals surface area contributed by atoms with Crippen LogP contribution in [0.3, 0.4) is 0 Å². The summed E-state index contributed by atoms with van der Waals surface area (Å²) in [4.78, 5) is 31.9. The van der Waals surface area contributed by atoms with E-state index in [-0.39, 0.29) is 23.2 Å². The number of aliphatic carboxylic acids is 2. The van der Waals surface area contributed by atoms with E-state index in [1.54, 1.807) is 0 Å². The van der Waals surface area contributed by atoms with Crippen molar-refractivity contribution in [2.45, 2.75) is 45.4 Å². The summed E-state index contributed by atoms with van der Waals surface area (Å²) in [6.07, 6.45) is 10.1. The molecule has 122 valence electrons. The van der Waals surface area contributed by atoms with Crippen LogP contribution in [0.2, 0.25) is 0 Å². The summed E-state index contributed by atoms with van der Waals surface area (Å²) in [5, 5.41) is 17.4. The van der Waals surface area contributed by atoms with Crippen LogP contribution in [0.25, 0.3) is 0 Å². The molecule has 2 N–H and O–H groups in total. The van der Waals surface area contributed by atoms with Crippen LogP contribution in [0.4, 0.5) is 0 Å². The molecule has 2 aliphatic rings. The first-order valence-electron chi connectivity index (χ1n) is 7.30. The predicted molar refractivity (Wildman–Crippen MR) is 82.7 cm³/mol. The molecule has 0 radical (unpaired) electrons. The standard InChI is InChI=1S/C9H10O4.C7H11ClO/c1-9(8(12)13)4-2-3-6(5-9)7(10)11;8-7(9)6-4-2-1-3-5-6/h2-4H,5H2,1H3,(H,10,11)(H,12,13);6H,1-5H2. The third kappa shape index (κ3) is 5.30. The second kappa shape index (κ2) is 8.13. The van der Waals surface area contributed by atoms with Crippen molar-refractivity contribution in [2.75, 3.05) is 0 Å². The van der Waals surface area contributed by atoms with E-state index in [1.807, 2.05) is 0 Å². The van der Waals surface area contributed by atoms with Gasteiger partial charge in [-0.05, 0) is 37.8 Å². The zero-order chi connectivity index (χ0) is 16.8. The van der Waals surface area contributed by atoms with Crippen molar-refractivity contribution in [3.05, 3.63) is 23.8 Å². The highest BCUT2D eigenvalue weighted by Gasteiger charge is 2.34. The molecule has 0 saturated heterocycles. The van der Waals surface area contributed by atoms with Gasteiger partial charge in [-0.1, -0.05) is 37.5 Å². The normalized spacial score (nSPS) is 24.7.